The maximum Gasteiger partial charge on any atom is 0.250 e. The Balaban J connectivity index is 1.98. The molecule has 0 aliphatic carbocycles. The molecule has 1 heterocycles. The smallest absolute Gasteiger partial charge is 0.250 e. The third kappa shape index (κ3) is 3.24. The minimum atomic E-state index is -0.688. The Bertz CT molecular complexity index is 566. The van der Waals surface area contributed by atoms with Crippen LogP contribution in [-0.2, 0) is 6.42 Å². The minimum absolute atomic E-state index is 0.212. The Morgan fingerprint density at radius 3 is 2.72 bits per heavy atom. The Kier molecular flexibility index (Phi) is 3.84. The van der Waals surface area contributed by atoms with E-state index in [2.05, 4.69) is 9.97 Å². The Labute approximate surface area is 103 Å². The molecule has 0 spiro atoms. The first-order valence-corrected chi connectivity index (χ1v) is 5.62. The summed E-state index contributed by atoms with van der Waals surface area (Å²) in [6.45, 7) is 0. The molecule has 18 heavy (non-hydrogen) atoms. The summed E-state index contributed by atoms with van der Waals surface area (Å²) in [7, 11) is 0. The van der Waals surface area contributed by atoms with Crippen LogP contribution >= 0.6 is 0 Å². The topological polar surface area (TPSA) is 66.0 Å². The van der Waals surface area contributed by atoms with Gasteiger partial charge in [0.2, 0.25) is 0 Å². The van der Waals surface area contributed by atoms with Crippen LogP contribution in [0.1, 0.15) is 23.8 Å². The summed E-state index contributed by atoms with van der Waals surface area (Å²) < 4.78 is 12.7. The number of nitrogens with one attached hydrogen (secondary N) is 1. The fraction of sp³-hybridized carbons (Fsp3) is 0.231. The maximum absolute atomic E-state index is 12.7. The van der Waals surface area contributed by atoms with Crippen molar-refractivity contribution in [2.24, 2.45) is 0 Å². The van der Waals surface area contributed by atoms with Crippen molar-refractivity contribution >= 4 is 0 Å². The third-order valence-corrected chi connectivity index (χ3v) is 2.66. The zero-order chi connectivity index (χ0) is 13.0. The van der Waals surface area contributed by atoms with Gasteiger partial charge in [0, 0.05) is 11.8 Å². The second-order valence-corrected chi connectivity index (χ2v) is 4.01. The highest BCUT2D eigenvalue weighted by molar-refractivity contribution is 5.18. The number of hydrogen-bond donors (Lipinski definition) is 2. The molecule has 0 aliphatic heterocycles. The summed E-state index contributed by atoms with van der Waals surface area (Å²) in [4.78, 5) is 17.5. The Morgan fingerprint density at radius 2 is 2.06 bits per heavy atom. The molecule has 0 aliphatic rings. The molecule has 1 unspecified atom stereocenters. The summed E-state index contributed by atoms with van der Waals surface area (Å²) in [5, 5.41) is 9.91. The van der Waals surface area contributed by atoms with Crippen LogP contribution in [-0.4, -0.2) is 15.1 Å². The van der Waals surface area contributed by atoms with Crippen molar-refractivity contribution in [3.63, 3.8) is 0 Å². The summed E-state index contributed by atoms with van der Waals surface area (Å²) in [5.74, 6) is -0.331. The summed E-state index contributed by atoms with van der Waals surface area (Å²) in [6.07, 6.45) is 1.57. The van der Waals surface area contributed by atoms with Gasteiger partial charge in [0.15, 0.2) is 0 Å². The highest BCUT2D eigenvalue weighted by atomic mass is 19.1. The van der Waals surface area contributed by atoms with E-state index < -0.39 is 6.10 Å². The van der Waals surface area contributed by atoms with Gasteiger partial charge >= 0.3 is 0 Å². The first-order chi connectivity index (χ1) is 8.65. The molecule has 5 heteroatoms. The second-order valence-electron chi connectivity index (χ2n) is 4.01. The molecule has 4 nitrogen and oxygen atoms in total. The van der Waals surface area contributed by atoms with Crippen LogP contribution < -0.4 is 5.56 Å². The molecule has 94 valence electrons. The van der Waals surface area contributed by atoms with Gasteiger partial charge in [-0.2, -0.15) is 0 Å². The van der Waals surface area contributed by atoms with E-state index in [1.54, 1.807) is 12.1 Å². The van der Waals surface area contributed by atoms with Gasteiger partial charge in [-0.3, -0.25) is 4.79 Å². The van der Waals surface area contributed by atoms with E-state index in [1.807, 2.05) is 0 Å². The molecule has 2 aromatic rings. The quantitative estimate of drug-likeness (QED) is 0.863. The lowest BCUT2D eigenvalue weighted by molar-refractivity contribution is 0.167. The molecular formula is C13H13FN2O2. The van der Waals surface area contributed by atoms with Crippen molar-refractivity contribution in [3.8, 4) is 0 Å². The maximum atomic E-state index is 12.7. The lowest BCUT2D eigenvalue weighted by Gasteiger charge is -2.10. The highest BCUT2D eigenvalue weighted by Crippen LogP contribution is 2.18. The van der Waals surface area contributed by atoms with Crippen molar-refractivity contribution in [1.29, 1.82) is 0 Å². The van der Waals surface area contributed by atoms with Gasteiger partial charge in [-0.25, -0.2) is 9.37 Å². The monoisotopic (exact) mass is 248 g/mol. The molecule has 0 saturated heterocycles. The lowest BCUT2D eigenvalue weighted by atomic mass is 10.0. The molecule has 0 bridgehead atoms. The van der Waals surface area contributed by atoms with Crippen LogP contribution in [0.3, 0.4) is 0 Å². The van der Waals surface area contributed by atoms with E-state index in [0.29, 0.717) is 24.1 Å². The predicted molar refractivity (Wildman–Crippen MR) is 64.5 cm³/mol. The van der Waals surface area contributed by atoms with Gasteiger partial charge in [0.05, 0.1) is 12.4 Å². The van der Waals surface area contributed by atoms with Gasteiger partial charge in [-0.15, -0.1) is 0 Å². The molecule has 1 aromatic heterocycles. The van der Waals surface area contributed by atoms with E-state index in [4.69, 9.17) is 0 Å². The number of hydrogen-bond acceptors (Lipinski definition) is 3. The van der Waals surface area contributed by atoms with Crippen molar-refractivity contribution in [2.45, 2.75) is 18.9 Å². The number of halogens is 1. The summed E-state index contributed by atoms with van der Waals surface area (Å²) in [6, 6.07) is 7.11. The predicted octanol–water partition coefficient (Wildman–Crippen LogP) is 1.58. The van der Waals surface area contributed by atoms with Crippen LogP contribution in [0.15, 0.2) is 41.5 Å². The van der Waals surface area contributed by atoms with E-state index in [1.165, 1.54) is 24.5 Å². The van der Waals surface area contributed by atoms with Gasteiger partial charge in [-0.05, 0) is 30.5 Å². The summed E-state index contributed by atoms with van der Waals surface area (Å²) in [5.41, 5.74) is 1.07. The number of aromatic nitrogens is 2. The van der Waals surface area contributed by atoms with E-state index in [-0.39, 0.29) is 11.4 Å². The van der Waals surface area contributed by atoms with Crippen LogP contribution in [0.2, 0.25) is 0 Å². The number of H-pyrrole nitrogens is 1. The number of nitrogens with zero attached hydrogens (tertiary/aromatic N) is 1. The Morgan fingerprint density at radius 1 is 1.33 bits per heavy atom. The van der Waals surface area contributed by atoms with Crippen molar-refractivity contribution in [3.05, 3.63) is 64.1 Å². The molecule has 0 fully saturated rings. The fourth-order valence-corrected chi connectivity index (χ4v) is 1.68. The number of aliphatic hydroxyl groups is 1. The van der Waals surface area contributed by atoms with Crippen LogP contribution in [0.5, 0.6) is 0 Å². The van der Waals surface area contributed by atoms with Gasteiger partial charge in [0.25, 0.3) is 5.56 Å². The first-order valence-electron chi connectivity index (χ1n) is 5.62. The van der Waals surface area contributed by atoms with E-state index in [0.717, 1.165) is 0 Å². The number of aliphatic hydroxyl groups excluding tert-OH is 1. The molecule has 1 atom stereocenters. The SMILES string of the molecule is O=c1cc(CCC(O)c2ccc(F)cc2)nc[nH]1. The van der Waals surface area contributed by atoms with Gasteiger partial charge in [0.1, 0.15) is 5.82 Å². The highest BCUT2D eigenvalue weighted by Gasteiger charge is 2.08. The molecule has 2 rings (SSSR count). The van der Waals surface area contributed by atoms with Crippen molar-refractivity contribution < 1.29 is 9.50 Å². The number of aromatic amines is 1. The van der Waals surface area contributed by atoms with Crippen LogP contribution in [0.4, 0.5) is 4.39 Å². The number of benzene rings is 1. The second kappa shape index (κ2) is 5.55. The fourth-order valence-electron chi connectivity index (χ4n) is 1.68. The lowest BCUT2D eigenvalue weighted by Crippen LogP contribution is -2.08. The van der Waals surface area contributed by atoms with Gasteiger partial charge < -0.3 is 10.1 Å². The van der Waals surface area contributed by atoms with Crippen LogP contribution in [0.25, 0.3) is 0 Å². The average molecular weight is 248 g/mol. The van der Waals surface area contributed by atoms with E-state index >= 15 is 0 Å². The normalized spacial score (nSPS) is 12.3. The Hall–Kier alpha value is -2.01. The van der Waals surface area contributed by atoms with Crippen LogP contribution in [0, 0.1) is 5.82 Å². The number of rotatable bonds is 4. The minimum Gasteiger partial charge on any atom is -0.388 e. The molecule has 1 aromatic carbocycles. The number of aryl methyl sites for hydroxylation is 1. The van der Waals surface area contributed by atoms with Gasteiger partial charge in [-0.1, -0.05) is 12.1 Å². The average Bonchev–Trinajstić information content (AvgIpc) is 2.37. The molecule has 0 saturated carbocycles. The van der Waals surface area contributed by atoms with Crippen molar-refractivity contribution in [2.75, 3.05) is 0 Å². The van der Waals surface area contributed by atoms with Crippen molar-refractivity contribution in [1.82, 2.24) is 9.97 Å². The first kappa shape index (κ1) is 12.4. The molecule has 2 N–H and O–H groups in total. The van der Waals surface area contributed by atoms with E-state index in [9.17, 15) is 14.3 Å². The summed E-state index contributed by atoms with van der Waals surface area (Å²) >= 11 is 0. The largest absolute Gasteiger partial charge is 0.388 e. The molecule has 0 radical (unpaired) electrons. The standard InChI is InChI=1S/C13H13FN2O2/c14-10-3-1-9(2-4-10)12(17)6-5-11-7-13(18)16-8-15-11/h1-4,7-8,12,17H,5-6H2,(H,15,16,18). The molecule has 0 amide bonds. The third-order valence-electron chi connectivity index (χ3n) is 2.66. The zero-order valence-corrected chi connectivity index (χ0v) is 9.64. The zero-order valence-electron chi connectivity index (χ0n) is 9.64. The molecular weight excluding hydrogens is 235 g/mol.